The van der Waals surface area contributed by atoms with Gasteiger partial charge in [0.1, 0.15) is 5.75 Å². The van der Waals surface area contributed by atoms with E-state index in [-0.39, 0.29) is 5.91 Å². The van der Waals surface area contributed by atoms with E-state index in [2.05, 4.69) is 21.3 Å². The van der Waals surface area contributed by atoms with E-state index >= 15 is 0 Å². The maximum atomic E-state index is 12.5. The van der Waals surface area contributed by atoms with Gasteiger partial charge in [0, 0.05) is 30.9 Å². The van der Waals surface area contributed by atoms with Gasteiger partial charge in [-0.3, -0.25) is 14.7 Å². The smallest absolute Gasteiger partial charge is 0.225 e. The number of nitrogens with one attached hydrogen (secondary N) is 1. The Labute approximate surface area is 168 Å². The molecule has 5 heteroatoms. The van der Waals surface area contributed by atoms with E-state index in [9.17, 15) is 4.79 Å². The SMILES string of the molecule is COc1ccc(C)cc1NC(=O)CCN1CCCCC1CCc1ccccn1. The van der Waals surface area contributed by atoms with Crippen LogP contribution in [0.4, 0.5) is 5.69 Å². The van der Waals surface area contributed by atoms with Gasteiger partial charge >= 0.3 is 0 Å². The van der Waals surface area contributed by atoms with Crippen molar-refractivity contribution in [3.8, 4) is 5.75 Å². The number of carbonyl (C=O) groups excluding carboxylic acids is 1. The fourth-order valence-electron chi connectivity index (χ4n) is 3.92. The maximum absolute atomic E-state index is 12.5. The highest BCUT2D eigenvalue weighted by molar-refractivity contribution is 5.92. The molecule has 1 aromatic heterocycles. The molecule has 150 valence electrons. The molecule has 0 bridgehead atoms. The lowest BCUT2D eigenvalue weighted by Crippen LogP contribution is -2.41. The first kappa shape index (κ1) is 20.3. The Morgan fingerprint density at radius 3 is 2.96 bits per heavy atom. The summed E-state index contributed by atoms with van der Waals surface area (Å²) in [5.41, 5.74) is 3.00. The Morgan fingerprint density at radius 1 is 1.29 bits per heavy atom. The number of benzene rings is 1. The molecule has 1 aromatic carbocycles. The number of methoxy groups -OCH3 is 1. The second kappa shape index (κ2) is 10.2. The highest BCUT2D eigenvalue weighted by Gasteiger charge is 2.22. The van der Waals surface area contributed by atoms with Gasteiger partial charge in [-0.25, -0.2) is 0 Å². The molecule has 3 rings (SSSR count). The van der Waals surface area contributed by atoms with Crippen molar-refractivity contribution in [1.82, 2.24) is 9.88 Å². The number of amides is 1. The van der Waals surface area contributed by atoms with Crippen LogP contribution in [-0.2, 0) is 11.2 Å². The van der Waals surface area contributed by atoms with Crippen LogP contribution in [-0.4, -0.2) is 42.0 Å². The summed E-state index contributed by atoms with van der Waals surface area (Å²) in [6.45, 7) is 3.88. The van der Waals surface area contributed by atoms with E-state index in [1.54, 1.807) is 7.11 Å². The summed E-state index contributed by atoms with van der Waals surface area (Å²) in [7, 11) is 1.63. The molecule has 1 aliphatic rings. The van der Waals surface area contributed by atoms with Gasteiger partial charge in [0.15, 0.2) is 0 Å². The van der Waals surface area contributed by atoms with E-state index in [0.29, 0.717) is 18.2 Å². The molecule has 1 N–H and O–H groups in total. The van der Waals surface area contributed by atoms with Crippen LogP contribution in [0.5, 0.6) is 5.75 Å². The number of hydrogen-bond acceptors (Lipinski definition) is 4. The second-order valence-corrected chi connectivity index (χ2v) is 7.55. The summed E-state index contributed by atoms with van der Waals surface area (Å²) >= 11 is 0. The second-order valence-electron chi connectivity index (χ2n) is 7.55. The van der Waals surface area contributed by atoms with Crippen LogP contribution in [0.3, 0.4) is 0 Å². The number of anilines is 1. The van der Waals surface area contributed by atoms with Gasteiger partial charge in [-0.1, -0.05) is 18.6 Å². The third-order valence-electron chi connectivity index (χ3n) is 5.46. The molecule has 1 amide bonds. The standard InChI is InChI=1S/C23H31N3O2/c1-18-9-12-22(28-2)21(17-18)25-23(27)13-16-26-15-6-4-8-20(26)11-10-19-7-3-5-14-24-19/h3,5,7,9,12,14,17,20H,4,6,8,10-11,13,15-16H2,1-2H3,(H,25,27). The lowest BCUT2D eigenvalue weighted by Gasteiger charge is -2.35. The number of nitrogens with zero attached hydrogens (tertiary/aromatic N) is 2. The number of likely N-dealkylation sites (tertiary alicyclic amines) is 1. The number of hydrogen-bond donors (Lipinski definition) is 1. The minimum absolute atomic E-state index is 0.0398. The summed E-state index contributed by atoms with van der Waals surface area (Å²) in [6, 6.07) is 12.5. The van der Waals surface area contributed by atoms with Crippen LogP contribution in [0.1, 0.15) is 43.4 Å². The molecule has 0 spiro atoms. The van der Waals surface area contributed by atoms with E-state index in [4.69, 9.17) is 4.74 Å². The first-order valence-corrected chi connectivity index (χ1v) is 10.2. The molecule has 0 aliphatic carbocycles. The van der Waals surface area contributed by atoms with E-state index < -0.39 is 0 Å². The molecule has 1 saturated heterocycles. The average molecular weight is 382 g/mol. The van der Waals surface area contributed by atoms with Crippen molar-refractivity contribution in [2.45, 2.75) is 51.5 Å². The van der Waals surface area contributed by atoms with Crippen molar-refractivity contribution in [1.29, 1.82) is 0 Å². The highest BCUT2D eigenvalue weighted by Crippen LogP contribution is 2.26. The first-order chi connectivity index (χ1) is 13.7. The molecule has 1 unspecified atom stereocenters. The van der Waals surface area contributed by atoms with E-state index in [1.807, 2.05) is 43.5 Å². The Kier molecular flexibility index (Phi) is 7.43. The number of carbonyl (C=O) groups is 1. The fourth-order valence-corrected chi connectivity index (χ4v) is 3.92. The van der Waals surface area contributed by atoms with Gasteiger partial charge in [0.2, 0.25) is 5.91 Å². The van der Waals surface area contributed by atoms with Crippen LogP contribution in [0.15, 0.2) is 42.6 Å². The van der Waals surface area contributed by atoms with Crippen molar-refractivity contribution in [3.63, 3.8) is 0 Å². The minimum atomic E-state index is 0.0398. The summed E-state index contributed by atoms with van der Waals surface area (Å²) in [5.74, 6) is 0.739. The molecule has 28 heavy (non-hydrogen) atoms. The average Bonchev–Trinajstić information content (AvgIpc) is 2.72. The zero-order valence-electron chi connectivity index (χ0n) is 17.0. The topological polar surface area (TPSA) is 54.5 Å². The minimum Gasteiger partial charge on any atom is -0.495 e. The predicted molar refractivity (Wildman–Crippen MR) is 113 cm³/mol. The van der Waals surface area contributed by atoms with Crippen molar-refractivity contribution in [2.75, 3.05) is 25.5 Å². The first-order valence-electron chi connectivity index (χ1n) is 10.2. The summed E-state index contributed by atoms with van der Waals surface area (Å²) in [5, 5.41) is 3.01. The zero-order chi connectivity index (χ0) is 19.8. The monoisotopic (exact) mass is 381 g/mol. The van der Waals surface area contributed by atoms with Crippen LogP contribution in [0.2, 0.25) is 0 Å². The van der Waals surface area contributed by atoms with Gasteiger partial charge in [-0.2, -0.15) is 0 Å². The number of piperidine rings is 1. The quantitative estimate of drug-likeness (QED) is 0.744. The van der Waals surface area contributed by atoms with Crippen molar-refractivity contribution in [2.24, 2.45) is 0 Å². The van der Waals surface area contributed by atoms with Crippen LogP contribution in [0, 0.1) is 6.92 Å². The van der Waals surface area contributed by atoms with Gasteiger partial charge in [-0.15, -0.1) is 0 Å². The predicted octanol–water partition coefficient (Wildman–Crippen LogP) is 4.21. The van der Waals surface area contributed by atoms with Gasteiger partial charge in [-0.05, 0) is 69.0 Å². The number of aromatic nitrogens is 1. The van der Waals surface area contributed by atoms with E-state index in [0.717, 1.165) is 42.9 Å². The largest absolute Gasteiger partial charge is 0.495 e. The van der Waals surface area contributed by atoms with Crippen molar-refractivity contribution < 1.29 is 9.53 Å². The molecule has 0 radical (unpaired) electrons. The third-order valence-corrected chi connectivity index (χ3v) is 5.46. The van der Waals surface area contributed by atoms with Crippen LogP contribution in [0.25, 0.3) is 0 Å². The number of rotatable bonds is 8. The Bertz CT molecular complexity index is 764. The lowest BCUT2D eigenvalue weighted by atomic mass is 9.97. The molecular weight excluding hydrogens is 350 g/mol. The fraction of sp³-hybridized carbons (Fsp3) is 0.478. The van der Waals surface area contributed by atoms with Crippen molar-refractivity contribution in [3.05, 3.63) is 53.9 Å². The normalized spacial score (nSPS) is 17.3. The summed E-state index contributed by atoms with van der Waals surface area (Å²) < 4.78 is 5.36. The van der Waals surface area contributed by atoms with E-state index in [1.165, 1.54) is 19.3 Å². The third kappa shape index (κ3) is 5.80. The number of pyridine rings is 1. The maximum Gasteiger partial charge on any atom is 0.225 e. The number of aryl methyl sites for hydroxylation is 2. The number of ether oxygens (including phenoxy) is 1. The van der Waals surface area contributed by atoms with Gasteiger partial charge in [0.05, 0.1) is 12.8 Å². The van der Waals surface area contributed by atoms with Crippen LogP contribution >= 0.6 is 0 Å². The molecule has 0 saturated carbocycles. The Balaban J connectivity index is 1.51. The molecule has 2 aromatic rings. The summed E-state index contributed by atoms with van der Waals surface area (Å²) in [6.07, 6.45) is 8.15. The summed E-state index contributed by atoms with van der Waals surface area (Å²) in [4.78, 5) is 19.4. The molecule has 2 heterocycles. The molecular formula is C23H31N3O2. The Hall–Kier alpha value is -2.40. The lowest BCUT2D eigenvalue weighted by molar-refractivity contribution is -0.116. The molecule has 1 aliphatic heterocycles. The molecule has 1 fully saturated rings. The zero-order valence-corrected chi connectivity index (χ0v) is 17.0. The molecule has 1 atom stereocenters. The highest BCUT2D eigenvalue weighted by atomic mass is 16.5. The Morgan fingerprint density at radius 2 is 2.18 bits per heavy atom. The van der Waals surface area contributed by atoms with Gasteiger partial charge in [0.25, 0.3) is 0 Å². The van der Waals surface area contributed by atoms with Crippen molar-refractivity contribution >= 4 is 11.6 Å². The van der Waals surface area contributed by atoms with Crippen LogP contribution < -0.4 is 10.1 Å². The van der Waals surface area contributed by atoms with Gasteiger partial charge < -0.3 is 10.1 Å². The molecule has 5 nitrogen and oxygen atoms in total.